The zero-order chi connectivity index (χ0) is 13.7. The van der Waals surface area contributed by atoms with Crippen molar-refractivity contribution in [3.8, 4) is 0 Å². The minimum Gasteiger partial charge on any atom is -0.478 e. The highest BCUT2D eigenvalue weighted by Crippen LogP contribution is 2.26. The predicted molar refractivity (Wildman–Crippen MR) is 72.2 cm³/mol. The lowest BCUT2D eigenvalue weighted by atomic mass is 10.1. The van der Waals surface area contributed by atoms with E-state index in [0.717, 1.165) is 12.2 Å². The SMILES string of the molecule is CCN(c1ccc(C(=O)O)cc1N)C(C)COC. The second-order valence-corrected chi connectivity index (χ2v) is 4.17. The van der Waals surface area contributed by atoms with Crippen molar-refractivity contribution in [1.29, 1.82) is 0 Å². The van der Waals surface area contributed by atoms with Crippen LogP contribution in [0.5, 0.6) is 0 Å². The molecule has 100 valence electrons. The summed E-state index contributed by atoms with van der Waals surface area (Å²) in [5.41, 5.74) is 7.44. The van der Waals surface area contributed by atoms with Gasteiger partial charge in [0.2, 0.25) is 0 Å². The zero-order valence-electron chi connectivity index (χ0n) is 11.0. The maximum Gasteiger partial charge on any atom is 0.335 e. The van der Waals surface area contributed by atoms with Crippen molar-refractivity contribution < 1.29 is 14.6 Å². The van der Waals surface area contributed by atoms with Gasteiger partial charge in [-0.25, -0.2) is 4.79 Å². The van der Waals surface area contributed by atoms with Gasteiger partial charge in [0.05, 0.1) is 23.5 Å². The Kier molecular flexibility index (Phi) is 4.97. The van der Waals surface area contributed by atoms with Gasteiger partial charge >= 0.3 is 5.97 Å². The van der Waals surface area contributed by atoms with Crippen LogP contribution in [-0.2, 0) is 4.74 Å². The Labute approximate surface area is 107 Å². The summed E-state index contributed by atoms with van der Waals surface area (Å²) in [5, 5.41) is 8.90. The highest BCUT2D eigenvalue weighted by atomic mass is 16.5. The first-order valence-corrected chi connectivity index (χ1v) is 5.89. The van der Waals surface area contributed by atoms with E-state index in [1.165, 1.54) is 6.07 Å². The number of ether oxygens (including phenoxy) is 1. The van der Waals surface area contributed by atoms with Crippen molar-refractivity contribution in [3.63, 3.8) is 0 Å². The van der Waals surface area contributed by atoms with E-state index in [2.05, 4.69) is 4.90 Å². The van der Waals surface area contributed by atoms with Crippen LogP contribution in [0.3, 0.4) is 0 Å². The quantitative estimate of drug-likeness (QED) is 0.755. The molecule has 0 heterocycles. The Bertz CT molecular complexity index is 421. The van der Waals surface area contributed by atoms with Crippen molar-refractivity contribution in [2.24, 2.45) is 0 Å². The Morgan fingerprint density at radius 1 is 1.56 bits per heavy atom. The molecule has 1 rings (SSSR count). The molecular formula is C13H20N2O3. The van der Waals surface area contributed by atoms with Crippen LogP contribution in [0.15, 0.2) is 18.2 Å². The molecule has 0 fully saturated rings. The lowest BCUT2D eigenvalue weighted by Gasteiger charge is -2.30. The third-order valence-electron chi connectivity index (χ3n) is 2.86. The van der Waals surface area contributed by atoms with Crippen molar-refractivity contribution >= 4 is 17.3 Å². The molecule has 18 heavy (non-hydrogen) atoms. The largest absolute Gasteiger partial charge is 0.478 e. The van der Waals surface area contributed by atoms with Crippen LogP contribution >= 0.6 is 0 Å². The molecule has 0 aliphatic heterocycles. The normalized spacial score (nSPS) is 12.2. The summed E-state index contributed by atoms with van der Waals surface area (Å²) in [7, 11) is 1.65. The number of hydrogen-bond donors (Lipinski definition) is 2. The van der Waals surface area contributed by atoms with Crippen LogP contribution in [0.1, 0.15) is 24.2 Å². The number of rotatable bonds is 6. The molecule has 1 unspecified atom stereocenters. The topological polar surface area (TPSA) is 75.8 Å². The Hall–Kier alpha value is -1.75. The van der Waals surface area contributed by atoms with E-state index in [-0.39, 0.29) is 11.6 Å². The monoisotopic (exact) mass is 252 g/mol. The van der Waals surface area contributed by atoms with E-state index in [4.69, 9.17) is 15.6 Å². The third-order valence-corrected chi connectivity index (χ3v) is 2.86. The standard InChI is InChI=1S/C13H20N2O3/c1-4-15(9(2)8-18-3)12-6-5-10(13(16)17)7-11(12)14/h5-7,9H,4,8,14H2,1-3H3,(H,16,17). The maximum atomic E-state index is 10.9. The minimum absolute atomic E-state index is 0.179. The molecule has 0 bridgehead atoms. The van der Waals surface area contributed by atoms with Gasteiger partial charge in [0.25, 0.3) is 0 Å². The van der Waals surface area contributed by atoms with E-state index in [1.807, 2.05) is 13.8 Å². The van der Waals surface area contributed by atoms with Crippen LogP contribution in [0, 0.1) is 0 Å². The maximum absolute atomic E-state index is 10.9. The summed E-state index contributed by atoms with van der Waals surface area (Å²) in [4.78, 5) is 12.9. The summed E-state index contributed by atoms with van der Waals surface area (Å²) in [6, 6.07) is 4.97. The molecule has 0 aliphatic carbocycles. The molecule has 0 amide bonds. The number of benzene rings is 1. The number of methoxy groups -OCH3 is 1. The number of aromatic carboxylic acids is 1. The average molecular weight is 252 g/mol. The number of likely N-dealkylation sites (N-methyl/N-ethyl adjacent to an activating group) is 1. The number of anilines is 2. The number of carboxylic acid groups (broad SMARTS) is 1. The molecule has 1 atom stereocenters. The van der Waals surface area contributed by atoms with Gasteiger partial charge < -0.3 is 20.5 Å². The molecule has 0 saturated carbocycles. The molecule has 5 heteroatoms. The second-order valence-electron chi connectivity index (χ2n) is 4.17. The summed E-state index contributed by atoms with van der Waals surface area (Å²) >= 11 is 0. The lowest BCUT2D eigenvalue weighted by Crippen LogP contribution is -2.36. The van der Waals surface area contributed by atoms with Crippen molar-refractivity contribution in [1.82, 2.24) is 0 Å². The molecule has 1 aromatic rings. The number of carboxylic acids is 1. The lowest BCUT2D eigenvalue weighted by molar-refractivity contribution is 0.0697. The smallest absolute Gasteiger partial charge is 0.335 e. The van der Waals surface area contributed by atoms with Crippen LogP contribution in [0.25, 0.3) is 0 Å². The van der Waals surface area contributed by atoms with Crippen molar-refractivity contribution in [2.75, 3.05) is 30.9 Å². The molecule has 0 spiro atoms. The number of carbonyl (C=O) groups is 1. The fourth-order valence-corrected chi connectivity index (χ4v) is 2.00. The predicted octanol–water partition coefficient (Wildman–Crippen LogP) is 1.83. The minimum atomic E-state index is -0.971. The van der Waals surface area contributed by atoms with Gasteiger partial charge in [-0.3, -0.25) is 0 Å². The number of nitrogens with two attached hydrogens (primary N) is 1. The molecule has 0 radical (unpaired) electrons. The Morgan fingerprint density at radius 3 is 2.67 bits per heavy atom. The van der Waals surface area contributed by atoms with Gasteiger partial charge in [-0.15, -0.1) is 0 Å². The number of nitrogen functional groups attached to an aromatic ring is 1. The van der Waals surface area contributed by atoms with Gasteiger partial charge in [0.1, 0.15) is 0 Å². The molecule has 1 aromatic carbocycles. The van der Waals surface area contributed by atoms with E-state index in [0.29, 0.717) is 12.3 Å². The number of nitrogens with zero attached hydrogens (tertiary/aromatic N) is 1. The van der Waals surface area contributed by atoms with Crippen LogP contribution < -0.4 is 10.6 Å². The molecular weight excluding hydrogens is 232 g/mol. The molecule has 0 aliphatic rings. The highest BCUT2D eigenvalue weighted by Gasteiger charge is 2.16. The summed E-state index contributed by atoms with van der Waals surface area (Å²) < 4.78 is 5.13. The summed E-state index contributed by atoms with van der Waals surface area (Å²) in [5.74, 6) is -0.971. The summed E-state index contributed by atoms with van der Waals surface area (Å²) in [6.07, 6.45) is 0. The first-order chi connectivity index (χ1) is 8.51. The summed E-state index contributed by atoms with van der Waals surface area (Å²) in [6.45, 7) is 5.43. The van der Waals surface area contributed by atoms with E-state index >= 15 is 0 Å². The van der Waals surface area contributed by atoms with E-state index < -0.39 is 5.97 Å². The first-order valence-electron chi connectivity index (χ1n) is 5.89. The van der Waals surface area contributed by atoms with Crippen LogP contribution in [-0.4, -0.2) is 37.4 Å². The molecule has 0 aromatic heterocycles. The van der Waals surface area contributed by atoms with E-state index in [1.54, 1.807) is 19.2 Å². The van der Waals surface area contributed by atoms with Crippen LogP contribution in [0.4, 0.5) is 11.4 Å². The molecule has 3 N–H and O–H groups in total. The Balaban J connectivity index is 3.03. The number of hydrogen-bond acceptors (Lipinski definition) is 4. The van der Waals surface area contributed by atoms with Gasteiger partial charge in [-0.2, -0.15) is 0 Å². The van der Waals surface area contributed by atoms with E-state index in [9.17, 15) is 4.79 Å². The average Bonchev–Trinajstić information content (AvgIpc) is 2.32. The fraction of sp³-hybridized carbons (Fsp3) is 0.462. The van der Waals surface area contributed by atoms with Gasteiger partial charge in [-0.05, 0) is 32.0 Å². The third kappa shape index (κ3) is 3.13. The Morgan fingerprint density at radius 2 is 2.22 bits per heavy atom. The van der Waals surface area contributed by atoms with Gasteiger partial charge in [0, 0.05) is 19.7 Å². The highest BCUT2D eigenvalue weighted by molar-refractivity contribution is 5.90. The van der Waals surface area contributed by atoms with Gasteiger partial charge in [0.15, 0.2) is 0 Å². The molecule has 0 saturated heterocycles. The van der Waals surface area contributed by atoms with Crippen LogP contribution in [0.2, 0.25) is 0 Å². The zero-order valence-corrected chi connectivity index (χ0v) is 11.0. The van der Waals surface area contributed by atoms with Crippen molar-refractivity contribution in [2.45, 2.75) is 19.9 Å². The first kappa shape index (κ1) is 14.3. The van der Waals surface area contributed by atoms with Crippen molar-refractivity contribution in [3.05, 3.63) is 23.8 Å². The van der Waals surface area contributed by atoms with Gasteiger partial charge in [-0.1, -0.05) is 0 Å². The fourth-order valence-electron chi connectivity index (χ4n) is 2.00. The molecule has 5 nitrogen and oxygen atoms in total. The second kappa shape index (κ2) is 6.26.